The number of hydrogen-bond donors (Lipinski definition) is 2. The fourth-order valence-electron chi connectivity index (χ4n) is 2.50. The Bertz CT molecular complexity index is 1130. The number of carbonyl (C=O) groups excluding carboxylic acids is 2. The van der Waals surface area contributed by atoms with E-state index in [0.717, 1.165) is 11.1 Å². The van der Waals surface area contributed by atoms with Crippen LogP contribution in [0.25, 0.3) is 11.1 Å². The molecule has 0 unspecified atom stereocenters. The maximum atomic E-state index is 12.5. The standard InChI is InChI=1S/C20H15N5O2S3/c26-16(22-18-21-10-11-28-18)12-29-20-25-24-19(30-20)23-17(27)15-8-6-14(7-9-15)13-4-2-1-3-5-13/h1-11H,12H2,(H,21,22,26)(H,23,24,27). The Balaban J connectivity index is 1.31. The van der Waals surface area contributed by atoms with Gasteiger partial charge < -0.3 is 5.32 Å². The fraction of sp³-hybridized carbons (Fsp3) is 0.0500. The molecule has 30 heavy (non-hydrogen) atoms. The molecule has 0 spiro atoms. The summed E-state index contributed by atoms with van der Waals surface area (Å²) in [7, 11) is 0. The molecular formula is C20H15N5O2S3. The Hall–Kier alpha value is -3.08. The first-order valence-corrected chi connectivity index (χ1v) is 11.5. The summed E-state index contributed by atoms with van der Waals surface area (Å²) in [6.45, 7) is 0. The summed E-state index contributed by atoms with van der Waals surface area (Å²) in [5, 5.41) is 16.2. The van der Waals surface area contributed by atoms with Crippen molar-refractivity contribution in [1.29, 1.82) is 0 Å². The molecule has 2 N–H and O–H groups in total. The molecule has 2 amide bonds. The average molecular weight is 454 g/mol. The average Bonchev–Trinajstić information content (AvgIpc) is 3.45. The second kappa shape index (κ2) is 9.61. The van der Waals surface area contributed by atoms with Gasteiger partial charge in [0.2, 0.25) is 11.0 Å². The van der Waals surface area contributed by atoms with Gasteiger partial charge in [-0.3, -0.25) is 14.9 Å². The van der Waals surface area contributed by atoms with Crippen molar-refractivity contribution in [3.8, 4) is 11.1 Å². The third-order valence-corrected chi connectivity index (χ3v) is 6.55. The molecule has 0 saturated heterocycles. The molecule has 4 rings (SSSR count). The van der Waals surface area contributed by atoms with E-state index in [0.29, 0.717) is 20.2 Å². The number of nitrogens with one attached hydrogen (secondary N) is 2. The molecule has 4 aromatic rings. The molecular weight excluding hydrogens is 438 g/mol. The number of benzene rings is 2. The number of thiazole rings is 1. The molecule has 0 atom stereocenters. The quantitative estimate of drug-likeness (QED) is 0.312. The first-order valence-electron chi connectivity index (χ1n) is 8.80. The van der Waals surface area contributed by atoms with Gasteiger partial charge in [-0.15, -0.1) is 21.5 Å². The van der Waals surface area contributed by atoms with Gasteiger partial charge in [0.15, 0.2) is 9.47 Å². The maximum Gasteiger partial charge on any atom is 0.257 e. The summed E-state index contributed by atoms with van der Waals surface area (Å²) >= 11 is 3.83. The number of aromatic nitrogens is 3. The molecule has 0 aliphatic carbocycles. The van der Waals surface area contributed by atoms with E-state index < -0.39 is 0 Å². The molecule has 0 radical (unpaired) electrons. The minimum Gasteiger partial charge on any atom is -0.301 e. The molecule has 7 nitrogen and oxygen atoms in total. The van der Waals surface area contributed by atoms with Gasteiger partial charge in [0.25, 0.3) is 5.91 Å². The van der Waals surface area contributed by atoms with Crippen LogP contribution in [0.15, 0.2) is 70.5 Å². The summed E-state index contributed by atoms with van der Waals surface area (Å²) in [6, 6.07) is 17.3. The number of rotatable bonds is 7. The molecule has 0 bridgehead atoms. The van der Waals surface area contributed by atoms with Crippen LogP contribution in [-0.2, 0) is 4.79 Å². The second-order valence-electron chi connectivity index (χ2n) is 5.94. The van der Waals surface area contributed by atoms with Crippen molar-refractivity contribution < 1.29 is 9.59 Å². The number of nitrogens with zero attached hydrogens (tertiary/aromatic N) is 3. The highest BCUT2D eigenvalue weighted by Gasteiger charge is 2.12. The van der Waals surface area contributed by atoms with Gasteiger partial charge in [0, 0.05) is 17.1 Å². The smallest absolute Gasteiger partial charge is 0.257 e. The third-order valence-electron chi connectivity index (χ3n) is 3.89. The Morgan fingerprint density at radius 1 is 0.900 bits per heavy atom. The minimum absolute atomic E-state index is 0.172. The highest BCUT2D eigenvalue weighted by atomic mass is 32.2. The van der Waals surface area contributed by atoms with E-state index in [1.807, 2.05) is 42.5 Å². The minimum atomic E-state index is -0.260. The molecule has 0 aliphatic heterocycles. The Morgan fingerprint density at radius 2 is 1.67 bits per heavy atom. The summed E-state index contributed by atoms with van der Waals surface area (Å²) in [6.07, 6.45) is 1.63. The van der Waals surface area contributed by atoms with E-state index in [4.69, 9.17) is 0 Å². The Morgan fingerprint density at radius 3 is 2.40 bits per heavy atom. The monoisotopic (exact) mass is 453 g/mol. The fourth-order valence-corrected chi connectivity index (χ4v) is 4.59. The van der Waals surface area contributed by atoms with Gasteiger partial charge in [-0.05, 0) is 23.3 Å². The summed E-state index contributed by atoms with van der Waals surface area (Å²) in [4.78, 5) is 28.4. The first kappa shape index (κ1) is 20.2. The number of anilines is 2. The van der Waals surface area contributed by atoms with Crippen LogP contribution < -0.4 is 10.6 Å². The van der Waals surface area contributed by atoms with Crippen molar-refractivity contribution in [3.63, 3.8) is 0 Å². The highest BCUT2D eigenvalue weighted by molar-refractivity contribution is 8.01. The topological polar surface area (TPSA) is 96.9 Å². The van der Waals surface area contributed by atoms with Crippen LogP contribution in [0.3, 0.4) is 0 Å². The Labute approximate surface area is 184 Å². The van der Waals surface area contributed by atoms with Crippen molar-refractivity contribution in [3.05, 3.63) is 71.7 Å². The molecule has 150 valence electrons. The maximum absolute atomic E-state index is 12.5. The predicted octanol–water partition coefficient (Wildman–Crippen LogP) is 4.64. The van der Waals surface area contributed by atoms with Crippen LogP contribution in [-0.4, -0.2) is 32.7 Å². The lowest BCUT2D eigenvalue weighted by atomic mass is 10.0. The van der Waals surface area contributed by atoms with E-state index >= 15 is 0 Å². The zero-order valence-electron chi connectivity index (χ0n) is 15.4. The van der Waals surface area contributed by atoms with E-state index in [1.54, 1.807) is 23.7 Å². The third kappa shape index (κ3) is 5.29. The van der Waals surface area contributed by atoms with Gasteiger partial charge in [-0.25, -0.2) is 4.98 Å². The Kier molecular flexibility index (Phi) is 6.47. The SMILES string of the molecule is O=C(CSc1nnc(NC(=O)c2ccc(-c3ccccc3)cc2)s1)Nc1nccs1. The predicted molar refractivity (Wildman–Crippen MR) is 121 cm³/mol. The lowest BCUT2D eigenvalue weighted by Gasteiger charge is -2.04. The number of carbonyl (C=O) groups is 2. The van der Waals surface area contributed by atoms with Crippen LogP contribution in [0, 0.1) is 0 Å². The lowest BCUT2D eigenvalue weighted by Crippen LogP contribution is -2.13. The normalized spacial score (nSPS) is 10.5. The van der Waals surface area contributed by atoms with Gasteiger partial charge in [-0.1, -0.05) is 65.6 Å². The molecule has 0 aliphatic rings. The van der Waals surface area contributed by atoms with Crippen molar-refractivity contribution in [2.45, 2.75) is 4.34 Å². The summed E-state index contributed by atoms with van der Waals surface area (Å²) < 4.78 is 0.596. The molecule has 0 saturated carbocycles. The van der Waals surface area contributed by atoms with Gasteiger partial charge >= 0.3 is 0 Å². The van der Waals surface area contributed by atoms with E-state index in [2.05, 4.69) is 25.8 Å². The molecule has 2 heterocycles. The van der Waals surface area contributed by atoms with Crippen molar-refractivity contribution in [2.75, 3.05) is 16.4 Å². The molecule has 2 aromatic carbocycles. The van der Waals surface area contributed by atoms with E-state index in [9.17, 15) is 9.59 Å². The van der Waals surface area contributed by atoms with Crippen LogP contribution in [0.2, 0.25) is 0 Å². The van der Waals surface area contributed by atoms with E-state index in [1.165, 1.54) is 34.4 Å². The van der Waals surface area contributed by atoms with Crippen LogP contribution in [0.4, 0.5) is 10.3 Å². The molecule has 0 fully saturated rings. The van der Waals surface area contributed by atoms with Crippen molar-refractivity contribution in [1.82, 2.24) is 15.2 Å². The largest absolute Gasteiger partial charge is 0.301 e. The van der Waals surface area contributed by atoms with Crippen LogP contribution in [0.1, 0.15) is 10.4 Å². The zero-order chi connectivity index (χ0) is 20.8. The van der Waals surface area contributed by atoms with Gasteiger partial charge in [0.1, 0.15) is 0 Å². The first-order chi connectivity index (χ1) is 14.7. The number of amides is 2. The molecule has 10 heteroatoms. The lowest BCUT2D eigenvalue weighted by molar-refractivity contribution is -0.113. The summed E-state index contributed by atoms with van der Waals surface area (Å²) in [5.41, 5.74) is 2.66. The molecule has 2 aromatic heterocycles. The second-order valence-corrected chi connectivity index (χ2v) is 9.04. The van der Waals surface area contributed by atoms with Gasteiger partial charge in [0.05, 0.1) is 5.75 Å². The van der Waals surface area contributed by atoms with E-state index in [-0.39, 0.29) is 17.6 Å². The zero-order valence-corrected chi connectivity index (χ0v) is 17.9. The van der Waals surface area contributed by atoms with Crippen molar-refractivity contribution >= 4 is 56.5 Å². The summed E-state index contributed by atoms with van der Waals surface area (Å²) in [5.74, 6) is -0.249. The van der Waals surface area contributed by atoms with Gasteiger partial charge in [-0.2, -0.15) is 0 Å². The van der Waals surface area contributed by atoms with Crippen molar-refractivity contribution in [2.24, 2.45) is 0 Å². The number of hydrogen-bond acceptors (Lipinski definition) is 8. The highest BCUT2D eigenvalue weighted by Crippen LogP contribution is 2.26. The van der Waals surface area contributed by atoms with Crippen LogP contribution >= 0.6 is 34.4 Å². The van der Waals surface area contributed by atoms with Crippen LogP contribution in [0.5, 0.6) is 0 Å². The number of thioether (sulfide) groups is 1.